The molecule has 0 bridgehead atoms. The summed E-state index contributed by atoms with van der Waals surface area (Å²) in [6, 6.07) is 12.3. The van der Waals surface area contributed by atoms with Crippen molar-refractivity contribution in [2.24, 2.45) is 0 Å². The number of halogens is 3. The number of aryl methyl sites for hydroxylation is 1. The summed E-state index contributed by atoms with van der Waals surface area (Å²) < 4.78 is 43.8. The van der Waals surface area contributed by atoms with Gasteiger partial charge in [0.25, 0.3) is 0 Å². The minimum Gasteiger partial charge on any atom is -0.485 e. The average molecular weight is 294 g/mol. The standard InChI is InChI=1S/C16H13F3O2/c1-11-7-8-13(16(17,18)19)15(20)14(9-11)21-10-12-5-3-2-4-6-12/h2-9H,10H2,1H3. The van der Waals surface area contributed by atoms with Gasteiger partial charge in [-0.2, -0.15) is 13.2 Å². The Morgan fingerprint density at radius 2 is 1.71 bits per heavy atom. The first-order valence-electron chi connectivity index (χ1n) is 6.27. The third kappa shape index (κ3) is 3.84. The Labute approximate surface area is 119 Å². The summed E-state index contributed by atoms with van der Waals surface area (Å²) in [5.74, 6) is -0.298. The van der Waals surface area contributed by atoms with Crippen molar-refractivity contribution in [1.82, 2.24) is 0 Å². The zero-order valence-corrected chi connectivity index (χ0v) is 11.3. The van der Waals surface area contributed by atoms with Crippen LogP contribution in [0.2, 0.25) is 0 Å². The van der Waals surface area contributed by atoms with Gasteiger partial charge in [-0.05, 0) is 30.2 Å². The SMILES string of the molecule is Cc1ccc(C(F)(F)F)c(=O)c(OCc2ccccc2)c1. The van der Waals surface area contributed by atoms with Crippen molar-refractivity contribution in [3.63, 3.8) is 0 Å². The van der Waals surface area contributed by atoms with E-state index in [9.17, 15) is 18.0 Å². The van der Waals surface area contributed by atoms with E-state index in [4.69, 9.17) is 4.74 Å². The zero-order chi connectivity index (χ0) is 15.5. The summed E-state index contributed by atoms with van der Waals surface area (Å²) >= 11 is 0. The molecule has 0 saturated heterocycles. The minimum absolute atomic E-state index is 0.0385. The summed E-state index contributed by atoms with van der Waals surface area (Å²) in [5, 5.41) is 0. The molecule has 0 aliphatic rings. The summed E-state index contributed by atoms with van der Waals surface area (Å²) in [6.07, 6.45) is -4.70. The van der Waals surface area contributed by atoms with Gasteiger partial charge in [-0.3, -0.25) is 4.79 Å². The molecule has 0 aromatic heterocycles. The highest BCUT2D eigenvalue weighted by atomic mass is 19.4. The molecule has 0 spiro atoms. The number of alkyl halides is 3. The lowest BCUT2D eigenvalue weighted by atomic mass is 10.2. The summed E-state index contributed by atoms with van der Waals surface area (Å²) in [5.41, 5.74) is -1.08. The highest BCUT2D eigenvalue weighted by Gasteiger charge is 2.34. The van der Waals surface area contributed by atoms with Gasteiger partial charge in [-0.1, -0.05) is 36.4 Å². The van der Waals surface area contributed by atoms with Crippen LogP contribution in [0.5, 0.6) is 5.75 Å². The van der Waals surface area contributed by atoms with Gasteiger partial charge in [0.05, 0.1) is 0 Å². The lowest BCUT2D eigenvalue weighted by Gasteiger charge is -2.06. The molecule has 0 heterocycles. The molecule has 0 radical (unpaired) electrons. The van der Waals surface area contributed by atoms with Gasteiger partial charge in [0.15, 0.2) is 5.75 Å². The normalized spacial score (nSPS) is 11.2. The van der Waals surface area contributed by atoms with Crippen molar-refractivity contribution in [3.8, 4) is 5.75 Å². The van der Waals surface area contributed by atoms with E-state index in [0.29, 0.717) is 5.56 Å². The smallest absolute Gasteiger partial charge is 0.420 e. The molecule has 5 heteroatoms. The van der Waals surface area contributed by atoms with Crippen molar-refractivity contribution < 1.29 is 17.9 Å². The molecule has 2 rings (SSSR count). The van der Waals surface area contributed by atoms with Crippen LogP contribution in [0.3, 0.4) is 0 Å². The second-order valence-corrected chi connectivity index (χ2v) is 4.60. The van der Waals surface area contributed by atoms with E-state index in [1.165, 1.54) is 12.1 Å². The van der Waals surface area contributed by atoms with Crippen LogP contribution in [0, 0.1) is 6.92 Å². The first-order chi connectivity index (χ1) is 9.88. The zero-order valence-electron chi connectivity index (χ0n) is 11.3. The van der Waals surface area contributed by atoms with Gasteiger partial charge in [0.2, 0.25) is 5.43 Å². The second kappa shape index (κ2) is 5.99. The Hall–Kier alpha value is -2.30. The molecule has 0 saturated carbocycles. The molecule has 0 aliphatic heterocycles. The summed E-state index contributed by atoms with van der Waals surface area (Å²) in [4.78, 5) is 11.9. The maximum Gasteiger partial charge on any atom is 0.420 e. The molecule has 0 N–H and O–H groups in total. The van der Waals surface area contributed by atoms with Crippen molar-refractivity contribution in [2.45, 2.75) is 19.7 Å². The molecule has 21 heavy (non-hydrogen) atoms. The predicted octanol–water partition coefficient (Wildman–Crippen LogP) is 3.95. The summed E-state index contributed by atoms with van der Waals surface area (Å²) in [7, 11) is 0. The maximum absolute atomic E-state index is 12.8. The fourth-order valence-corrected chi connectivity index (χ4v) is 1.81. The van der Waals surface area contributed by atoms with Crippen molar-refractivity contribution in [2.75, 3.05) is 0 Å². The molecule has 0 unspecified atom stereocenters. The van der Waals surface area contributed by atoms with Crippen LogP contribution >= 0.6 is 0 Å². The average Bonchev–Trinajstić information content (AvgIpc) is 2.56. The highest BCUT2D eigenvalue weighted by molar-refractivity contribution is 5.33. The minimum atomic E-state index is -4.70. The van der Waals surface area contributed by atoms with Gasteiger partial charge in [-0.15, -0.1) is 0 Å². The molecular formula is C16H13F3O2. The van der Waals surface area contributed by atoms with E-state index >= 15 is 0 Å². The Morgan fingerprint density at radius 1 is 1.05 bits per heavy atom. The summed E-state index contributed by atoms with van der Waals surface area (Å²) in [6.45, 7) is 1.64. The van der Waals surface area contributed by atoms with Crippen LogP contribution in [0.15, 0.2) is 53.3 Å². The van der Waals surface area contributed by atoms with Gasteiger partial charge in [0, 0.05) is 0 Å². The second-order valence-electron chi connectivity index (χ2n) is 4.60. The Kier molecular flexibility index (Phi) is 4.31. The Bertz CT molecular complexity index is 679. The van der Waals surface area contributed by atoms with E-state index in [2.05, 4.69) is 0 Å². The van der Waals surface area contributed by atoms with Gasteiger partial charge in [-0.25, -0.2) is 0 Å². The molecule has 2 aromatic carbocycles. The van der Waals surface area contributed by atoms with Crippen LogP contribution in [-0.2, 0) is 12.8 Å². The predicted molar refractivity (Wildman–Crippen MR) is 73.2 cm³/mol. The number of rotatable bonds is 3. The van der Waals surface area contributed by atoms with E-state index in [1.54, 1.807) is 31.2 Å². The van der Waals surface area contributed by atoms with Crippen molar-refractivity contribution in [1.29, 1.82) is 0 Å². The Morgan fingerprint density at radius 3 is 2.33 bits per heavy atom. The number of hydrogen-bond acceptors (Lipinski definition) is 2. The monoisotopic (exact) mass is 294 g/mol. The molecule has 0 atom stereocenters. The molecule has 0 amide bonds. The Balaban J connectivity index is 2.38. The molecule has 0 aliphatic carbocycles. The molecule has 2 nitrogen and oxygen atoms in total. The number of benzene rings is 1. The van der Waals surface area contributed by atoms with Crippen LogP contribution < -0.4 is 10.2 Å². The lowest BCUT2D eigenvalue weighted by Crippen LogP contribution is -2.18. The van der Waals surface area contributed by atoms with Crippen molar-refractivity contribution >= 4 is 0 Å². The molecular weight excluding hydrogens is 281 g/mol. The van der Waals surface area contributed by atoms with E-state index in [-0.39, 0.29) is 12.4 Å². The fourth-order valence-electron chi connectivity index (χ4n) is 1.81. The lowest BCUT2D eigenvalue weighted by molar-refractivity contribution is -0.138. The first kappa shape index (κ1) is 15.1. The number of ether oxygens (including phenoxy) is 1. The largest absolute Gasteiger partial charge is 0.485 e. The molecule has 110 valence electrons. The topological polar surface area (TPSA) is 26.3 Å². The van der Waals surface area contributed by atoms with E-state index in [0.717, 1.165) is 11.6 Å². The fraction of sp³-hybridized carbons (Fsp3) is 0.188. The molecule has 2 aromatic rings. The van der Waals surface area contributed by atoms with Crippen LogP contribution in [0.1, 0.15) is 16.7 Å². The van der Waals surface area contributed by atoms with Gasteiger partial charge in [0.1, 0.15) is 12.2 Å². The highest BCUT2D eigenvalue weighted by Crippen LogP contribution is 2.27. The third-order valence-electron chi connectivity index (χ3n) is 2.88. The molecule has 0 fully saturated rings. The van der Waals surface area contributed by atoms with Crippen LogP contribution in [0.4, 0.5) is 13.2 Å². The van der Waals surface area contributed by atoms with Gasteiger partial charge >= 0.3 is 6.18 Å². The van der Waals surface area contributed by atoms with Gasteiger partial charge < -0.3 is 4.74 Å². The maximum atomic E-state index is 12.8. The van der Waals surface area contributed by atoms with Crippen LogP contribution in [-0.4, -0.2) is 0 Å². The van der Waals surface area contributed by atoms with E-state index < -0.39 is 17.2 Å². The van der Waals surface area contributed by atoms with E-state index in [1.807, 2.05) is 6.07 Å². The quantitative estimate of drug-likeness (QED) is 0.856. The number of hydrogen-bond donors (Lipinski definition) is 0. The van der Waals surface area contributed by atoms with Crippen LogP contribution in [0.25, 0.3) is 0 Å². The first-order valence-corrected chi connectivity index (χ1v) is 6.27. The van der Waals surface area contributed by atoms with Crippen molar-refractivity contribution in [3.05, 3.63) is 75.4 Å². The third-order valence-corrected chi connectivity index (χ3v) is 2.88.